The molecule has 0 spiro atoms. The first-order valence-electron chi connectivity index (χ1n) is 6.46. The minimum atomic E-state index is -3.66. The summed E-state index contributed by atoms with van der Waals surface area (Å²) in [5, 5.41) is 0.118. The minimum absolute atomic E-state index is 0.0606. The summed E-state index contributed by atoms with van der Waals surface area (Å²) in [6.07, 6.45) is -0.309. The topological polar surface area (TPSA) is 72.6 Å². The molecule has 21 heavy (non-hydrogen) atoms. The van der Waals surface area contributed by atoms with E-state index in [-0.39, 0.29) is 27.1 Å². The van der Waals surface area contributed by atoms with Gasteiger partial charge in [0.25, 0.3) is 0 Å². The Hall–Kier alpha value is -0.730. The van der Waals surface area contributed by atoms with Crippen molar-refractivity contribution in [2.45, 2.75) is 31.0 Å². The molecule has 0 radical (unpaired) electrons. The monoisotopic (exact) mass is 348 g/mol. The fraction of sp³-hybridized carbons (Fsp3) is 0.462. The molecule has 2 atom stereocenters. The minimum Gasteiger partial charge on any atom is -0.389 e. The van der Waals surface area contributed by atoms with Gasteiger partial charge in [-0.1, -0.05) is 29.9 Å². The first kappa shape index (κ1) is 16.6. The number of hydrogen-bond acceptors (Lipinski definition) is 4. The molecule has 1 heterocycles. The quantitative estimate of drug-likeness (QED) is 0.843. The SMILES string of the molecule is CC1CN(S(=O)(=O)c2ccc(C(N)=S)cc2Cl)CC(C)O1. The van der Waals surface area contributed by atoms with Crippen LogP contribution in [0.25, 0.3) is 0 Å². The molecule has 2 rings (SSSR count). The van der Waals surface area contributed by atoms with E-state index in [0.717, 1.165) is 0 Å². The number of hydrogen-bond donors (Lipinski definition) is 1. The van der Waals surface area contributed by atoms with Gasteiger partial charge >= 0.3 is 0 Å². The predicted molar refractivity (Wildman–Crippen MR) is 86.1 cm³/mol. The van der Waals surface area contributed by atoms with Crippen LogP contribution in [0, 0.1) is 0 Å². The molecule has 1 fully saturated rings. The molecule has 1 aromatic rings. The summed E-state index contributed by atoms with van der Waals surface area (Å²) >= 11 is 11.0. The van der Waals surface area contributed by atoms with Gasteiger partial charge in [-0.3, -0.25) is 0 Å². The lowest BCUT2D eigenvalue weighted by Gasteiger charge is -2.34. The molecule has 116 valence electrons. The maximum Gasteiger partial charge on any atom is 0.244 e. The second-order valence-corrected chi connectivity index (χ2v) is 7.84. The molecule has 1 aromatic carbocycles. The zero-order valence-corrected chi connectivity index (χ0v) is 14.1. The molecule has 2 unspecified atom stereocenters. The van der Waals surface area contributed by atoms with Crippen molar-refractivity contribution in [3.8, 4) is 0 Å². The molecule has 0 bridgehead atoms. The summed E-state index contributed by atoms with van der Waals surface area (Å²) < 4.78 is 32.4. The number of sulfonamides is 1. The molecule has 0 saturated carbocycles. The molecule has 5 nitrogen and oxygen atoms in total. The summed E-state index contributed by atoms with van der Waals surface area (Å²) in [6.45, 7) is 4.30. The number of morpholine rings is 1. The Morgan fingerprint density at radius 1 is 1.38 bits per heavy atom. The molecule has 8 heteroatoms. The van der Waals surface area contributed by atoms with E-state index in [1.165, 1.54) is 16.4 Å². The normalized spacial score (nSPS) is 24.0. The highest BCUT2D eigenvalue weighted by atomic mass is 35.5. The van der Waals surface area contributed by atoms with Crippen LogP contribution in [0.2, 0.25) is 5.02 Å². The molecule has 1 aliphatic rings. The van der Waals surface area contributed by atoms with Gasteiger partial charge in [-0.2, -0.15) is 4.31 Å². The number of nitrogens with zero attached hydrogens (tertiary/aromatic N) is 1. The first-order chi connectivity index (χ1) is 9.71. The number of ether oxygens (including phenoxy) is 1. The van der Waals surface area contributed by atoms with Crippen LogP contribution in [0.3, 0.4) is 0 Å². The van der Waals surface area contributed by atoms with Gasteiger partial charge < -0.3 is 10.5 Å². The van der Waals surface area contributed by atoms with Crippen molar-refractivity contribution in [3.05, 3.63) is 28.8 Å². The van der Waals surface area contributed by atoms with E-state index in [1.54, 1.807) is 6.07 Å². The van der Waals surface area contributed by atoms with Crippen LogP contribution >= 0.6 is 23.8 Å². The van der Waals surface area contributed by atoms with Crippen LogP contribution in [0.15, 0.2) is 23.1 Å². The Kier molecular flexibility index (Phi) is 4.89. The third-order valence-electron chi connectivity index (χ3n) is 3.22. The van der Waals surface area contributed by atoms with Crippen LogP contribution in [0.4, 0.5) is 0 Å². The molecule has 2 N–H and O–H groups in total. The van der Waals surface area contributed by atoms with Crippen molar-refractivity contribution in [2.75, 3.05) is 13.1 Å². The summed E-state index contributed by atoms with van der Waals surface area (Å²) in [6, 6.07) is 4.48. The Labute approximate surface area is 135 Å². The van der Waals surface area contributed by atoms with Gasteiger partial charge in [0.05, 0.1) is 17.2 Å². The standard InChI is InChI=1S/C13H17ClN2O3S2/c1-8-6-16(7-9(2)19-8)21(17,18)12-4-3-10(13(15)20)5-11(12)14/h3-5,8-9H,6-7H2,1-2H3,(H2,15,20). The molecular formula is C13H17ClN2O3S2. The maximum absolute atomic E-state index is 12.7. The fourth-order valence-corrected chi connectivity index (χ4v) is 4.57. The number of halogens is 1. The lowest BCUT2D eigenvalue weighted by Crippen LogP contribution is -2.48. The number of thiocarbonyl (C=S) groups is 1. The van der Waals surface area contributed by atoms with Crippen LogP contribution in [-0.2, 0) is 14.8 Å². The summed E-state index contributed by atoms with van der Waals surface area (Å²) in [7, 11) is -3.66. The van der Waals surface area contributed by atoms with Gasteiger partial charge in [0.15, 0.2) is 0 Å². The third-order valence-corrected chi connectivity index (χ3v) is 5.77. The Morgan fingerprint density at radius 3 is 2.43 bits per heavy atom. The van der Waals surface area contributed by atoms with Crippen LogP contribution < -0.4 is 5.73 Å². The van der Waals surface area contributed by atoms with E-state index >= 15 is 0 Å². The van der Waals surface area contributed by atoms with E-state index in [4.69, 9.17) is 34.3 Å². The zero-order chi connectivity index (χ0) is 15.8. The second kappa shape index (κ2) is 6.18. The molecule has 1 aliphatic heterocycles. The molecule has 0 aromatic heterocycles. The van der Waals surface area contributed by atoms with Crippen LogP contribution in [-0.4, -0.2) is 43.0 Å². The molecule has 1 saturated heterocycles. The number of benzene rings is 1. The summed E-state index contributed by atoms with van der Waals surface area (Å²) in [5.41, 5.74) is 6.06. The van der Waals surface area contributed by atoms with Gasteiger partial charge in [-0.25, -0.2) is 8.42 Å². The van der Waals surface area contributed by atoms with E-state index in [2.05, 4.69) is 0 Å². The van der Waals surface area contributed by atoms with Crippen molar-refractivity contribution < 1.29 is 13.2 Å². The number of nitrogens with two attached hydrogens (primary N) is 1. The first-order valence-corrected chi connectivity index (χ1v) is 8.69. The van der Waals surface area contributed by atoms with Crippen molar-refractivity contribution in [1.82, 2.24) is 4.31 Å². The van der Waals surface area contributed by atoms with Gasteiger partial charge in [-0.15, -0.1) is 0 Å². The van der Waals surface area contributed by atoms with Crippen molar-refractivity contribution in [2.24, 2.45) is 5.73 Å². The highest BCUT2D eigenvalue weighted by Crippen LogP contribution is 2.27. The average molecular weight is 349 g/mol. The number of rotatable bonds is 3. The van der Waals surface area contributed by atoms with Gasteiger partial charge in [0.2, 0.25) is 10.0 Å². The lowest BCUT2D eigenvalue weighted by atomic mass is 10.2. The van der Waals surface area contributed by atoms with Gasteiger partial charge in [0.1, 0.15) is 9.88 Å². The largest absolute Gasteiger partial charge is 0.389 e. The van der Waals surface area contributed by atoms with Crippen LogP contribution in [0.1, 0.15) is 19.4 Å². The Balaban J connectivity index is 2.37. The predicted octanol–water partition coefficient (Wildman–Crippen LogP) is 1.77. The molecule has 0 amide bonds. The average Bonchev–Trinajstić information content (AvgIpc) is 2.36. The van der Waals surface area contributed by atoms with Crippen molar-refractivity contribution >= 4 is 38.8 Å². The van der Waals surface area contributed by atoms with E-state index in [0.29, 0.717) is 18.7 Å². The van der Waals surface area contributed by atoms with Crippen molar-refractivity contribution in [3.63, 3.8) is 0 Å². The van der Waals surface area contributed by atoms with E-state index in [1.807, 2.05) is 13.8 Å². The van der Waals surface area contributed by atoms with E-state index < -0.39 is 10.0 Å². The van der Waals surface area contributed by atoms with Crippen molar-refractivity contribution in [1.29, 1.82) is 0 Å². The Morgan fingerprint density at radius 2 is 1.95 bits per heavy atom. The van der Waals surface area contributed by atoms with E-state index in [9.17, 15) is 8.42 Å². The highest BCUT2D eigenvalue weighted by Gasteiger charge is 2.33. The lowest BCUT2D eigenvalue weighted by molar-refractivity contribution is -0.0440. The summed E-state index contributed by atoms with van der Waals surface area (Å²) in [4.78, 5) is 0.236. The third kappa shape index (κ3) is 3.54. The smallest absolute Gasteiger partial charge is 0.244 e. The van der Waals surface area contributed by atoms with Gasteiger partial charge in [0, 0.05) is 18.7 Å². The molecule has 0 aliphatic carbocycles. The second-order valence-electron chi connectivity index (χ2n) is 5.09. The fourth-order valence-electron chi connectivity index (χ4n) is 2.33. The summed E-state index contributed by atoms with van der Waals surface area (Å²) in [5.74, 6) is 0. The van der Waals surface area contributed by atoms with Crippen LogP contribution in [0.5, 0.6) is 0 Å². The highest BCUT2D eigenvalue weighted by molar-refractivity contribution is 7.89. The maximum atomic E-state index is 12.7. The molecular weight excluding hydrogens is 332 g/mol. The zero-order valence-electron chi connectivity index (χ0n) is 11.7. The van der Waals surface area contributed by atoms with Gasteiger partial charge in [-0.05, 0) is 26.0 Å². The Bertz CT molecular complexity index is 653.